The molecule has 9 heteroatoms. The molecule has 2 aromatic heterocycles. The van der Waals surface area contributed by atoms with Gasteiger partial charge >= 0.3 is 6.01 Å². The third-order valence-electron chi connectivity index (χ3n) is 5.92. The number of aryl methyl sites for hydroxylation is 1. The van der Waals surface area contributed by atoms with E-state index in [1.165, 1.54) is 0 Å². The van der Waals surface area contributed by atoms with Gasteiger partial charge in [0.25, 0.3) is 0 Å². The Bertz CT molecular complexity index is 1080. The number of nitrogens with zero attached hydrogens (tertiary/aromatic N) is 6. The van der Waals surface area contributed by atoms with Crippen LogP contribution in [0.1, 0.15) is 12.0 Å². The second-order valence-corrected chi connectivity index (χ2v) is 8.19. The monoisotopic (exact) mass is 424 g/mol. The summed E-state index contributed by atoms with van der Waals surface area (Å²) in [5.41, 5.74) is 2.05. The van der Waals surface area contributed by atoms with Gasteiger partial charge in [-0.15, -0.1) is 0 Å². The number of hydrogen-bond acceptors (Lipinski definition) is 8. The Morgan fingerprint density at radius 1 is 1.06 bits per heavy atom. The number of morpholine rings is 1. The highest BCUT2D eigenvalue weighted by Gasteiger charge is 2.22. The maximum absolute atomic E-state index is 6.35. The van der Waals surface area contributed by atoms with Gasteiger partial charge in [0.1, 0.15) is 17.7 Å². The first-order valence-corrected chi connectivity index (χ1v) is 10.7. The number of anilines is 1. The summed E-state index contributed by atoms with van der Waals surface area (Å²) < 4.78 is 19.0. The van der Waals surface area contributed by atoms with E-state index in [0.29, 0.717) is 25.0 Å². The molecule has 2 aliphatic rings. The molecule has 4 heterocycles. The number of aromatic nitrogens is 4. The molecule has 9 nitrogen and oxygen atoms in total. The lowest BCUT2D eigenvalue weighted by molar-refractivity contribution is 0.122. The van der Waals surface area contributed by atoms with E-state index in [1.54, 1.807) is 7.11 Å². The van der Waals surface area contributed by atoms with E-state index in [9.17, 15) is 0 Å². The van der Waals surface area contributed by atoms with Gasteiger partial charge < -0.3 is 24.0 Å². The highest BCUT2D eigenvalue weighted by Crippen LogP contribution is 2.30. The van der Waals surface area contributed by atoms with E-state index < -0.39 is 0 Å². The lowest BCUT2D eigenvalue weighted by Crippen LogP contribution is -2.36. The van der Waals surface area contributed by atoms with Crippen molar-refractivity contribution in [3.05, 3.63) is 30.0 Å². The van der Waals surface area contributed by atoms with Crippen LogP contribution in [-0.4, -0.2) is 84.3 Å². The molecule has 2 fully saturated rings. The second kappa shape index (κ2) is 8.32. The third kappa shape index (κ3) is 4.03. The van der Waals surface area contributed by atoms with E-state index in [0.717, 1.165) is 60.6 Å². The number of benzene rings is 1. The van der Waals surface area contributed by atoms with Crippen molar-refractivity contribution in [1.29, 1.82) is 0 Å². The van der Waals surface area contributed by atoms with E-state index in [4.69, 9.17) is 14.2 Å². The molecule has 2 saturated heterocycles. The molecule has 164 valence electrons. The fourth-order valence-electron chi connectivity index (χ4n) is 4.20. The summed E-state index contributed by atoms with van der Waals surface area (Å²) in [5, 5.41) is 5.66. The smallest absolute Gasteiger partial charge is 0.320 e. The number of ether oxygens (including phenoxy) is 3. The van der Waals surface area contributed by atoms with Crippen LogP contribution in [0, 0.1) is 6.92 Å². The summed E-state index contributed by atoms with van der Waals surface area (Å²) in [6, 6.07) is 6.46. The molecular formula is C22H28N6O3. The number of hydrogen-bond donors (Lipinski definition) is 0. The minimum Gasteiger partial charge on any atom is -0.489 e. The van der Waals surface area contributed by atoms with Crippen molar-refractivity contribution >= 4 is 16.7 Å². The van der Waals surface area contributed by atoms with Crippen LogP contribution in [0.4, 0.5) is 5.82 Å². The molecule has 0 spiro atoms. The minimum absolute atomic E-state index is 0.213. The Morgan fingerprint density at radius 3 is 2.61 bits per heavy atom. The van der Waals surface area contributed by atoms with Gasteiger partial charge in [0.05, 0.1) is 32.0 Å². The molecule has 5 rings (SSSR count). The fourth-order valence-corrected chi connectivity index (χ4v) is 4.20. The zero-order chi connectivity index (χ0) is 21.4. The van der Waals surface area contributed by atoms with Crippen LogP contribution in [-0.2, 0) is 4.74 Å². The standard InChI is InChI=1S/C22H28N6O3/c1-15-10-16-13-23-28(18(16)11-19(15)31-17-4-5-26(2)14-17)21-12-20(24-22(25-21)29-3)27-6-8-30-9-7-27/h10-13,17H,4-9,14H2,1-3H3/t17-/m1/s1. The number of fused-ring (bicyclic) bond motifs is 1. The van der Waals surface area contributed by atoms with Crippen LogP contribution in [0.25, 0.3) is 16.7 Å². The summed E-state index contributed by atoms with van der Waals surface area (Å²) >= 11 is 0. The summed E-state index contributed by atoms with van der Waals surface area (Å²) in [7, 11) is 3.71. The molecule has 0 radical (unpaired) electrons. The number of likely N-dealkylation sites (tertiary alicyclic amines) is 1. The summed E-state index contributed by atoms with van der Waals surface area (Å²) in [5.74, 6) is 2.37. The van der Waals surface area contributed by atoms with Crippen LogP contribution < -0.4 is 14.4 Å². The van der Waals surface area contributed by atoms with Gasteiger partial charge in [-0.05, 0) is 32.0 Å². The van der Waals surface area contributed by atoms with Gasteiger partial charge in [-0.3, -0.25) is 0 Å². The fraction of sp³-hybridized carbons (Fsp3) is 0.500. The van der Waals surface area contributed by atoms with Crippen LogP contribution in [0.2, 0.25) is 0 Å². The van der Waals surface area contributed by atoms with E-state index in [-0.39, 0.29) is 6.10 Å². The second-order valence-electron chi connectivity index (χ2n) is 8.19. The van der Waals surface area contributed by atoms with E-state index in [1.807, 2.05) is 16.9 Å². The number of rotatable bonds is 5. The largest absolute Gasteiger partial charge is 0.489 e. The molecular weight excluding hydrogens is 396 g/mol. The predicted molar refractivity (Wildman–Crippen MR) is 118 cm³/mol. The highest BCUT2D eigenvalue weighted by atomic mass is 16.5. The zero-order valence-electron chi connectivity index (χ0n) is 18.2. The van der Waals surface area contributed by atoms with Crippen molar-refractivity contribution in [1.82, 2.24) is 24.6 Å². The first-order valence-electron chi connectivity index (χ1n) is 10.7. The number of methoxy groups -OCH3 is 1. The van der Waals surface area contributed by atoms with Crippen molar-refractivity contribution in [2.75, 3.05) is 58.5 Å². The Morgan fingerprint density at radius 2 is 1.87 bits per heavy atom. The van der Waals surface area contributed by atoms with Gasteiger partial charge in [-0.2, -0.15) is 15.1 Å². The van der Waals surface area contributed by atoms with Gasteiger partial charge in [-0.25, -0.2) is 4.68 Å². The molecule has 31 heavy (non-hydrogen) atoms. The van der Waals surface area contributed by atoms with Crippen molar-refractivity contribution in [3.8, 4) is 17.6 Å². The Kier molecular flexibility index (Phi) is 5.37. The molecule has 3 aromatic rings. The topological polar surface area (TPSA) is 77.8 Å². The average Bonchev–Trinajstić information content (AvgIpc) is 3.39. The first kappa shape index (κ1) is 20.0. The van der Waals surface area contributed by atoms with Crippen molar-refractivity contribution in [2.45, 2.75) is 19.4 Å². The van der Waals surface area contributed by atoms with E-state index >= 15 is 0 Å². The summed E-state index contributed by atoms with van der Waals surface area (Å²) in [4.78, 5) is 13.6. The normalized spacial score (nSPS) is 19.8. The van der Waals surface area contributed by atoms with Gasteiger partial charge in [0, 0.05) is 43.7 Å². The molecule has 0 aliphatic carbocycles. The van der Waals surface area contributed by atoms with Crippen LogP contribution >= 0.6 is 0 Å². The quantitative estimate of drug-likeness (QED) is 0.616. The third-order valence-corrected chi connectivity index (χ3v) is 5.92. The molecule has 0 saturated carbocycles. The molecule has 0 bridgehead atoms. The van der Waals surface area contributed by atoms with Crippen molar-refractivity contribution < 1.29 is 14.2 Å². The maximum atomic E-state index is 6.35. The minimum atomic E-state index is 0.213. The summed E-state index contributed by atoms with van der Waals surface area (Å²) in [6.45, 7) is 7.02. The lowest BCUT2D eigenvalue weighted by atomic mass is 10.1. The Labute approximate surface area is 181 Å². The summed E-state index contributed by atoms with van der Waals surface area (Å²) in [6.07, 6.45) is 3.11. The molecule has 1 aromatic carbocycles. The SMILES string of the molecule is COc1nc(N2CCOCC2)cc(-n2ncc3cc(C)c(O[C@@H]4CCN(C)C4)cc32)n1. The van der Waals surface area contributed by atoms with Gasteiger partial charge in [0.2, 0.25) is 0 Å². The average molecular weight is 425 g/mol. The Balaban J connectivity index is 1.52. The molecule has 0 unspecified atom stereocenters. The molecule has 2 aliphatic heterocycles. The van der Waals surface area contributed by atoms with Crippen molar-refractivity contribution in [3.63, 3.8) is 0 Å². The van der Waals surface area contributed by atoms with Crippen LogP contribution in [0.15, 0.2) is 24.4 Å². The Hall–Kier alpha value is -2.91. The first-order chi connectivity index (χ1) is 15.1. The van der Waals surface area contributed by atoms with Gasteiger partial charge in [0.15, 0.2) is 5.82 Å². The van der Waals surface area contributed by atoms with E-state index in [2.05, 4.69) is 51.0 Å². The highest BCUT2D eigenvalue weighted by molar-refractivity contribution is 5.83. The zero-order valence-corrected chi connectivity index (χ0v) is 18.2. The van der Waals surface area contributed by atoms with Crippen LogP contribution in [0.3, 0.4) is 0 Å². The van der Waals surface area contributed by atoms with Gasteiger partial charge in [-0.1, -0.05) is 0 Å². The molecule has 1 atom stereocenters. The number of likely N-dealkylation sites (N-methyl/N-ethyl adjacent to an activating group) is 1. The lowest BCUT2D eigenvalue weighted by Gasteiger charge is -2.28. The predicted octanol–water partition coefficient (Wildman–Crippen LogP) is 2.05. The van der Waals surface area contributed by atoms with Crippen molar-refractivity contribution in [2.24, 2.45) is 0 Å². The molecule has 0 amide bonds. The van der Waals surface area contributed by atoms with Crippen LogP contribution in [0.5, 0.6) is 11.8 Å². The maximum Gasteiger partial charge on any atom is 0.320 e. The molecule has 0 N–H and O–H groups in total.